The van der Waals surface area contributed by atoms with Crippen LogP contribution in [0.25, 0.3) is 0 Å². The first-order valence-electron chi connectivity index (χ1n) is 4.57. The zero-order valence-electron chi connectivity index (χ0n) is 9.93. The van der Waals surface area contributed by atoms with Crippen LogP contribution in [0.4, 0.5) is 4.79 Å². The number of amides is 1. The molecular formula is C10H17NO5. The molecule has 0 aromatic carbocycles. The van der Waals surface area contributed by atoms with Crippen LogP contribution in [0.3, 0.4) is 0 Å². The van der Waals surface area contributed by atoms with Crippen molar-refractivity contribution in [2.24, 2.45) is 0 Å². The van der Waals surface area contributed by atoms with Crippen LogP contribution >= 0.6 is 0 Å². The number of methoxy groups -OCH3 is 3. The highest BCUT2D eigenvalue weighted by molar-refractivity contribution is 5.82. The summed E-state index contributed by atoms with van der Waals surface area (Å²) < 4.78 is 14.1. The van der Waals surface area contributed by atoms with E-state index in [4.69, 9.17) is 4.74 Å². The van der Waals surface area contributed by atoms with Crippen molar-refractivity contribution in [3.63, 3.8) is 0 Å². The van der Waals surface area contributed by atoms with Crippen LogP contribution in [0, 0.1) is 0 Å². The van der Waals surface area contributed by atoms with Crippen molar-refractivity contribution in [1.29, 1.82) is 0 Å². The second-order valence-corrected chi connectivity index (χ2v) is 2.98. The zero-order chi connectivity index (χ0) is 12.7. The SMILES string of the molecule is C=CC(OC)C(C(=O)OC)N(C)C(=O)OC. The smallest absolute Gasteiger partial charge is 0.410 e. The van der Waals surface area contributed by atoms with Gasteiger partial charge in [-0.2, -0.15) is 0 Å². The lowest BCUT2D eigenvalue weighted by molar-refractivity contribution is -0.149. The first kappa shape index (κ1) is 14.4. The molecule has 0 aliphatic carbocycles. The summed E-state index contributed by atoms with van der Waals surface area (Å²) in [6.07, 6.45) is 0.108. The Hall–Kier alpha value is -1.56. The Morgan fingerprint density at radius 1 is 1.25 bits per heavy atom. The molecule has 0 saturated heterocycles. The number of carbonyl (C=O) groups excluding carboxylic acids is 2. The molecule has 2 unspecified atom stereocenters. The molecule has 0 heterocycles. The average Bonchev–Trinajstić information content (AvgIpc) is 2.32. The van der Waals surface area contributed by atoms with E-state index in [0.29, 0.717) is 0 Å². The van der Waals surface area contributed by atoms with Crippen molar-refractivity contribution in [2.45, 2.75) is 12.1 Å². The fourth-order valence-electron chi connectivity index (χ4n) is 1.24. The standard InChI is InChI=1S/C10H17NO5/c1-6-7(14-3)8(9(12)15-4)11(2)10(13)16-5/h6-8H,1H2,2-5H3. The van der Waals surface area contributed by atoms with E-state index in [2.05, 4.69) is 16.1 Å². The molecule has 0 radical (unpaired) electrons. The maximum Gasteiger partial charge on any atom is 0.410 e. The summed E-state index contributed by atoms with van der Waals surface area (Å²) in [6.45, 7) is 3.53. The molecule has 0 spiro atoms. The number of nitrogens with zero attached hydrogens (tertiary/aromatic N) is 1. The van der Waals surface area contributed by atoms with E-state index >= 15 is 0 Å². The maximum absolute atomic E-state index is 11.5. The molecule has 6 nitrogen and oxygen atoms in total. The summed E-state index contributed by atoms with van der Waals surface area (Å²) in [4.78, 5) is 23.9. The van der Waals surface area contributed by atoms with Gasteiger partial charge in [0, 0.05) is 14.2 Å². The highest BCUT2D eigenvalue weighted by Gasteiger charge is 2.34. The van der Waals surface area contributed by atoms with Gasteiger partial charge >= 0.3 is 12.1 Å². The molecule has 0 fully saturated rings. The molecule has 0 aliphatic rings. The van der Waals surface area contributed by atoms with Gasteiger partial charge in [-0.3, -0.25) is 4.90 Å². The Bertz CT molecular complexity index is 266. The number of rotatable bonds is 5. The van der Waals surface area contributed by atoms with Gasteiger partial charge in [0.15, 0.2) is 6.04 Å². The van der Waals surface area contributed by atoms with Crippen molar-refractivity contribution in [3.05, 3.63) is 12.7 Å². The number of esters is 1. The lowest BCUT2D eigenvalue weighted by Gasteiger charge is -2.28. The van der Waals surface area contributed by atoms with Crippen LogP contribution in [-0.2, 0) is 19.0 Å². The molecule has 0 aromatic heterocycles. The van der Waals surface area contributed by atoms with E-state index < -0.39 is 24.2 Å². The fourth-order valence-corrected chi connectivity index (χ4v) is 1.24. The third-order valence-electron chi connectivity index (χ3n) is 2.14. The lowest BCUT2D eigenvalue weighted by Crippen LogP contribution is -2.50. The minimum atomic E-state index is -0.917. The number of carbonyl (C=O) groups is 2. The van der Waals surface area contributed by atoms with E-state index in [9.17, 15) is 9.59 Å². The normalized spacial score (nSPS) is 13.5. The second kappa shape index (κ2) is 6.84. The topological polar surface area (TPSA) is 65.1 Å². The first-order chi connectivity index (χ1) is 7.53. The second-order valence-electron chi connectivity index (χ2n) is 2.98. The third-order valence-corrected chi connectivity index (χ3v) is 2.14. The number of ether oxygens (including phenoxy) is 3. The number of likely N-dealkylation sites (N-methyl/N-ethyl adjacent to an activating group) is 1. The molecular weight excluding hydrogens is 214 g/mol. The van der Waals surface area contributed by atoms with Crippen LogP contribution in [-0.4, -0.2) is 57.5 Å². The zero-order valence-corrected chi connectivity index (χ0v) is 9.93. The Morgan fingerprint density at radius 3 is 2.12 bits per heavy atom. The van der Waals surface area contributed by atoms with Crippen molar-refractivity contribution in [3.8, 4) is 0 Å². The van der Waals surface area contributed by atoms with Gasteiger partial charge in [-0.1, -0.05) is 6.08 Å². The molecule has 2 atom stereocenters. The van der Waals surface area contributed by atoms with Gasteiger partial charge in [0.05, 0.1) is 14.2 Å². The quantitative estimate of drug-likeness (QED) is 0.507. The summed E-state index contributed by atoms with van der Waals surface area (Å²) in [5, 5.41) is 0. The van der Waals surface area contributed by atoms with Gasteiger partial charge in [-0.15, -0.1) is 6.58 Å². The van der Waals surface area contributed by atoms with E-state index in [1.807, 2.05) is 0 Å². The first-order valence-corrected chi connectivity index (χ1v) is 4.57. The summed E-state index contributed by atoms with van der Waals surface area (Å²) in [5.41, 5.74) is 0. The summed E-state index contributed by atoms with van der Waals surface area (Å²) in [6, 6.07) is -0.917. The number of hydrogen-bond acceptors (Lipinski definition) is 5. The predicted molar refractivity (Wildman–Crippen MR) is 57.0 cm³/mol. The molecule has 16 heavy (non-hydrogen) atoms. The monoisotopic (exact) mass is 231 g/mol. The van der Waals surface area contributed by atoms with Crippen molar-refractivity contribution in [2.75, 3.05) is 28.4 Å². The molecule has 0 rings (SSSR count). The van der Waals surface area contributed by atoms with E-state index in [1.54, 1.807) is 0 Å². The highest BCUT2D eigenvalue weighted by Crippen LogP contribution is 2.10. The molecule has 0 aromatic rings. The third kappa shape index (κ3) is 3.23. The van der Waals surface area contributed by atoms with Gasteiger partial charge in [0.25, 0.3) is 0 Å². The Morgan fingerprint density at radius 2 is 1.81 bits per heavy atom. The van der Waals surface area contributed by atoms with Gasteiger partial charge < -0.3 is 14.2 Å². The fraction of sp³-hybridized carbons (Fsp3) is 0.600. The Balaban J connectivity index is 4.99. The molecule has 92 valence electrons. The van der Waals surface area contributed by atoms with Gasteiger partial charge in [0.1, 0.15) is 6.10 Å². The van der Waals surface area contributed by atoms with E-state index in [-0.39, 0.29) is 0 Å². The molecule has 0 aliphatic heterocycles. The van der Waals surface area contributed by atoms with Gasteiger partial charge in [0.2, 0.25) is 0 Å². The lowest BCUT2D eigenvalue weighted by atomic mass is 10.1. The Labute approximate surface area is 94.8 Å². The highest BCUT2D eigenvalue weighted by atomic mass is 16.6. The minimum absolute atomic E-state index is 0.598. The maximum atomic E-state index is 11.5. The summed E-state index contributed by atoms with van der Waals surface area (Å²) in [5.74, 6) is -0.598. The Kier molecular flexibility index (Phi) is 6.17. The average molecular weight is 231 g/mol. The molecule has 0 N–H and O–H groups in total. The van der Waals surface area contributed by atoms with E-state index in [0.717, 1.165) is 4.90 Å². The predicted octanol–water partition coefficient (Wildman–Crippen LogP) is 0.427. The van der Waals surface area contributed by atoms with Crippen LogP contribution in [0.5, 0.6) is 0 Å². The minimum Gasteiger partial charge on any atom is -0.467 e. The van der Waals surface area contributed by atoms with Crippen LogP contribution < -0.4 is 0 Å². The molecule has 0 bridgehead atoms. The van der Waals surface area contributed by atoms with Crippen molar-refractivity contribution < 1.29 is 23.8 Å². The van der Waals surface area contributed by atoms with Crippen molar-refractivity contribution >= 4 is 12.1 Å². The van der Waals surface area contributed by atoms with Gasteiger partial charge in [-0.05, 0) is 0 Å². The largest absolute Gasteiger partial charge is 0.467 e. The summed E-state index contributed by atoms with van der Waals surface area (Å²) in [7, 11) is 5.29. The number of hydrogen-bond donors (Lipinski definition) is 0. The molecule has 6 heteroatoms. The summed E-state index contributed by atoms with van der Waals surface area (Å²) >= 11 is 0. The van der Waals surface area contributed by atoms with Crippen LogP contribution in [0.1, 0.15) is 0 Å². The molecule has 1 amide bonds. The van der Waals surface area contributed by atoms with Crippen molar-refractivity contribution in [1.82, 2.24) is 4.90 Å². The molecule has 0 saturated carbocycles. The van der Waals surface area contributed by atoms with E-state index in [1.165, 1.54) is 34.5 Å². The van der Waals surface area contributed by atoms with Gasteiger partial charge in [-0.25, -0.2) is 9.59 Å². The van der Waals surface area contributed by atoms with Crippen LogP contribution in [0.15, 0.2) is 12.7 Å². The van der Waals surface area contributed by atoms with Crippen LogP contribution in [0.2, 0.25) is 0 Å².